The quantitative estimate of drug-likeness (QED) is 0.540. The van der Waals surface area contributed by atoms with Gasteiger partial charge in [0.15, 0.2) is 0 Å². The lowest BCUT2D eigenvalue weighted by Gasteiger charge is -2.11. The van der Waals surface area contributed by atoms with E-state index in [0.29, 0.717) is 10.2 Å². The third-order valence-electron chi connectivity index (χ3n) is 4.75. The Labute approximate surface area is 181 Å². The Balaban J connectivity index is 1.40. The van der Waals surface area contributed by atoms with E-state index >= 15 is 0 Å². The van der Waals surface area contributed by atoms with Gasteiger partial charge in [0.1, 0.15) is 12.4 Å². The molecule has 1 fully saturated rings. The van der Waals surface area contributed by atoms with Crippen molar-refractivity contribution in [2.24, 2.45) is 0 Å². The van der Waals surface area contributed by atoms with Crippen LogP contribution >= 0.6 is 15.9 Å². The van der Waals surface area contributed by atoms with E-state index in [9.17, 15) is 18.8 Å². The highest BCUT2D eigenvalue weighted by molar-refractivity contribution is 9.10. The van der Waals surface area contributed by atoms with Crippen LogP contribution in [0.3, 0.4) is 0 Å². The predicted octanol–water partition coefficient (Wildman–Crippen LogP) is 2.60. The number of halogens is 2. The standard InChI is InChI=1S/C20H23BrFN5O3/c21-17-6-5-13(22)9-16(17)20(30)23-8-7-18(28)26-15-10-24-27(11-15)12-19(29)25-14-3-1-2-4-14/h5-6,9-11,14H,1-4,7-8,12H2,(H,23,30)(H,25,29)(H,26,28). The minimum Gasteiger partial charge on any atom is -0.352 e. The zero-order valence-electron chi connectivity index (χ0n) is 16.3. The Kier molecular flexibility index (Phi) is 7.56. The number of aromatic nitrogens is 2. The molecule has 1 heterocycles. The van der Waals surface area contributed by atoms with Crippen molar-refractivity contribution in [1.29, 1.82) is 0 Å². The molecule has 3 rings (SSSR count). The van der Waals surface area contributed by atoms with Crippen LogP contribution in [0.5, 0.6) is 0 Å². The van der Waals surface area contributed by atoms with Crippen molar-refractivity contribution in [2.75, 3.05) is 11.9 Å². The summed E-state index contributed by atoms with van der Waals surface area (Å²) in [7, 11) is 0. The van der Waals surface area contributed by atoms with Crippen LogP contribution in [-0.4, -0.2) is 40.1 Å². The van der Waals surface area contributed by atoms with Gasteiger partial charge in [0.2, 0.25) is 11.8 Å². The van der Waals surface area contributed by atoms with Crippen molar-refractivity contribution >= 4 is 39.3 Å². The van der Waals surface area contributed by atoms with Crippen LogP contribution in [0.15, 0.2) is 35.1 Å². The monoisotopic (exact) mass is 479 g/mol. The Morgan fingerprint density at radius 2 is 1.97 bits per heavy atom. The molecule has 2 aromatic rings. The highest BCUT2D eigenvalue weighted by Gasteiger charge is 2.17. The molecule has 0 radical (unpaired) electrons. The number of carbonyl (C=O) groups is 3. The third-order valence-corrected chi connectivity index (χ3v) is 5.45. The van der Waals surface area contributed by atoms with E-state index in [2.05, 4.69) is 37.0 Å². The van der Waals surface area contributed by atoms with E-state index in [0.717, 1.165) is 31.7 Å². The molecule has 1 aliphatic rings. The second-order valence-corrected chi connectivity index (χ2v) is 8.01. The zero-order chi connectivity index (χ0) is 21.5. The number of hydrogen-bond donors (Lipinski definition) is 3. The van der Waals surface area contributed by atoms with Gasteiger partial charge >= 0.3 is 0 Å². The fourth-order valence-electron chi connectivity index (χ4n) is 3.28. The molecule has 160 valence electrons. The largest absolute Gasteiger partial charge is 0.352 e. The first-order valence-corrected chi connectivity index (χ1v) is 10.5. The SMILES string of the molecule is O=C(CCNC(=O)c1cc(F)ccc1Br)Nc1cnn(CC(=O)NC2CCCC2)c1. The van der Waals surface area contributed by atoms with Gasteiger partial charge in [-0.2, -0.15) is 5.10 Å². The molecule has 1 saturated carbocycles. The zero-order valence-corrected chi connectivity index (χ0v) is 17.9. The number of hydrogen-bond acceptors (Lipinski definition) is 4. The molecule has 0 atom stereocenters. The minimum absolute atomic E-state index is 0.0338. The van der Waals surface area contributed by atoms with Crippen molar-refractivity contribution in [2.45, 2.75) is 44.7 Å². The molecule has 0 saturated heterocycles. The van der Waals surface area contributed by atoms with Crippen molar-refractivity contribution in [3.05, 3.63) is 46.4 Å². The van der Waals surface area contributed by atoms with Gasteiger partial charge in [-0.15, -0.1) is 0 Å². The first-order chi connectivity index (χ1) is 14.4. The Bertz CT molecular complexity index is 927. The Morgan fingerprint density at radius 1 is 1.20 bits per heavy atom. The molecule has 0 unspecified atom stereocenters. The molecule has 10 heteroatoms. The lowest BCUT2D eigenvalue weighted by Crippen LogP contribution is -2.35. The van der Waals surface area contributed by atoms with Gasteiger partial charge < -0.3 is 16.0 Å². The molecular formula is C20H23BrFN5O3. The maximum atomic E-state index is 13.3. The molecule has 0 spiro atoms. The average molecular weight is 480 g/mol. The average Bonchev–Trinajstić information content (AvgIpc) is 3.35. The molecule has 3 N–H and O–H groups in total. The van der Waals surface area contributed by atoms with Crippen LogP contribution in [0.25, 0.3) is 0 Å². The third kappa shape index (κ3) is 6.38. The first kappa shape index (κ1) is 21.9. The number of benzene rings is 1. The number of nitrogens with zero attached hydrogens (tertiary/aromatic N) is 2. The van der Waals surface area contributed by atoms with Gasteiger partial charge in [-0.05, 0) is 47.0 Å². The summed E-state index contributed by atoms with van der Waals surface area (Å²) in [5.41, 5.74) is 0.625. The van der Waals surface area contributed by atoms with Gasteiger partial charge in [0.25, 0.3) is 5.91 Å². The van der Waals surface area contributed by atoms with Gasteiger partial charge in [0.05, 0.1) is 17.4 Å². The van der Waals surface area contributed by atoms with E-state index in [-0.39, 0.29) is 42.9 Å². The van der Waals surface area contributed by atoms with Crippen LogP contribution in [0.2, 0.25) is 0 Å². The molecule has 1 aromatic carbocycles. The predicted molar refractivity (Wildman–Crippen MR) is 112 cm³/mol. The van der Waals surface area contributed by atoms with Crippen LogP contribution in [-0.2, 0) is 16.1 Å². The highest BCUT2D eigenvalue weighted by atomic mass is 79.9. The van der Waals surface area contributed by atoms with Crippen LogP contribution < -0.4 is 16.0 Å². The highest BCUT2D eigenvalue weighted by Crippen LogP contribution is 2.18. The van der Waals surface area contributed by atoms with Crippen molar-refractivity contribution in [1.82, 2.24) is 20.4 Å². The summed E-state index contributed by atoms with van der Waals surface area (Å²) in [6.07, 6.45) is 7.38. The van der Waals surface area contributed by atoms with E-state index < -0.39 is 11.7 Å². The summed E-state index contributed by atoms with van der Waals surface area (Å²) >= 11 is 3.20. The maximum Gasteiger partial charge on any atom is 0.252 e. The Morgan fingerprint density at radius 3 is 2.73 bits per heavy atom. The van der Waals surface area contributed by atoms with Crippen LogP contribution in [0.1, 0.15) is 42.5 Å². The molecule has 1 aromatic heterocycles. The number of nitrogens with one attached hydrogen (secondary N) is 3. The summed E-state index contributed by atoms with van der Waals surface area (Å²) in [4.78, 5) is 36.2. The molecular weight excluding hydrogens is 457 g/mol. The fourth-order valence-corrected chi connectivity index (χ4v) is 3.71. The summed E-state index contributed by atoms with van der Waals surface area (Å²) < 4.78 is 15.2. The molecule has 3 amide bonds. The van der Waals surface area contributed by atoms with Crippen LogP contribution in [0, 0.1) is 5.82 Å². The second kappa shape index (κ2) is 10.3. The number of amides is 3. The summed E-state index contributed by atoms with van der Waals surface area (Å²) in [6, 6.07) is 4.06. The molecule has 0 bridgehead atoms. The van der Waals surface area contributed by atoms with Crippen molar-refractivity contribution in [3.8, 4) is 0 Å². The van der Waals surface area contributed by atoms with E-state index in [4.69, 9.17) is 0 Å². The van der Waals surface area contributed by atoms with Gasteiger partial charge in [0, 0.05) is 29.7 Å². The fraction of sp³-hybridized carbons (Fsp3) is 0.400. The summed E-state index contributed by atoms with van der Waals surface area (Å²) in [6.45, 7) is 0.177. The van der Waals surface area contributed by atoms with Crippen LogP contribution in [0.4, 0.5) is 10.1 Å². The molecule has 0 aliphatic heterocycles. The molecule has 1 aliphatic carbocycles. The van der Waals surface area contributed by atoms with Crippen molar-refractivity contribution in [3.63, 3.8) is 0 Å². The topological polar surface area (TPSA) is 105 Å². The minimum atomic E-state index is -0.518. The lowest BCUT2D eigenvalue weighted by molar-refractivity contribution is -0.122. The molecule has 8 nitrogen and oxygen atoms in total. The smallest absolute Gasteiger partial charge is 0.252 e. The van der Waals surface area contributed by atoms with Gasteiger partial charge in [-0.1, -0.05) is 12.8 Å². The van der Waals surface area contributed by atoms with Gasteiger partial charge in [-0.3, -0.25) is 19.1 Å². The summed E-state index contributed by atoms with van der Waals surface area (Å²) in [5, 5.41) is 12.3. The summed E-state index contributed by atoms with van der Waals surface area (Å²) in [5.74, 6) is -1.41. The van der Waals surface area contributed by atoms with E-state index in [1.807, 2.05) is 0 Å². The Hall–Kier alpha value is -2.75. The number of carbonyl (C=O) groups excluding carboxylic acids is 3. The normalized spacial score (nSPS) is 13.8. The van der Waals surface area contributed by atoms with Gasteiger partial charge in [-0.25, -0.2) is 4.39 Å². The van der Waals surface area contributed by atoms with Crippen molar-refractivity contribution < 1.29 is 18.8 Å². The second-order valence-electron chi connectivity index (χ2n) is 7.15. The van der Waals surface area contributed by atoms with E-state index in [1.54, 1.807) is 6.20 Å². The number of rotatable bonds is 8. The van der Waals surface area contributed by atoms with E-state index in [1.165, 1.54) is 23.0 Å². The lowest BCUT2D eigenvalue weighted by atomic mass is 10.2. The number of anilines is 1. The maximum absolute atomic E-state index is 13.3. The first-order valence-electron chi connectivity index (χ1n) is 9.75. The molecule has 30 heavy (non-hydrogen) atoms.